The number of para-hydroxylation sites is 2. The van der Waals surface area contributed by atoms with Gasteiger partial charge in [0.25, 0.3) is 5.91 Å². The molecule has 162 valence electrons. The number of carbonyl (C=O) groups is 4. The minimum absolute atomic E-state index is 0.0827. The molecule has 9 heteroatoms. The number of hydrogen-bond acceptors (Lipinski definition) is 6. The topological polar surface area (TPSA) is 114 Å². The predicted molar refractivity (Wildman–Crippen MR) is 106 cm³/mol. The van der Waals surface area contributed by atoms with Crippen molar-refractivity contribution in [3.8, 4) is 11.5 Å². The van der Waals surface area contributed by atoms with Gasteiger partial charge in [-0.25, -0.2) is 0 Å². The smallest absolute Gasteiger partial charge is 0.276 e. The molecule has 4 atom stereocenters. The zero-order chi connectivity index (χ0) is 21.8. The minimum Gasteiger partial charge on any atom is -0.490 e. The molecule has 2 N–H and O–H groups in total. The normalized spacial score (nSPS) is 25.5. The van der Waals surface area contributed by atoms with Gasteiger partial charge in [-0.2, -0.15) is 0 Å². The summed E-state index contributed by atoms with van der Waals surface area (Å²) in [6.45, 7) is 3.86. The van der Waals surface area contributed by atoms with Crippen LogP contribution < -0.4 is 20.3 Å². The minimum atomic E-state index is -0.683. The van der Waals surface area contributed by atoms with Gasteiger partial charge in [0, 0.05) is 7.05 Å². The Balaban J connectivity index is 1.56. The van der Waals surface area contributed by atoms with E-state index in [1.807, 2.05) is 13.8 Å². The largest absolute Gasteiger partial charge is 0.490 e. The van der Waals surface area contributed by atoms with Crippen LogP contribution >= 0.6 is 0 Å². The molecule has 1 aliphatic carbocycles. The van der Waals surface area contributed by atoms with Gasteiger partial charge >= 0.3 is 0 Å². The fourth-order valence-electron chi connectivity index (χ4n) is 4.25. The standard InChI is InChI=1S/C21H27N3O6/c1-4-29-14-7-5-6-8-15(14)30-11-16(25)22-23-19(26)17-12(2)9-10-13-18(17)21(28)24(3)20(13)27/h5-8,12-13,17-18H,4,9-11H2,1-3H3,(H,22,25)(H,23,26)/t12-,13+,17-,18+/m1/s1. The van der Waals surface area contributed by atoms with E-state index < -0.39 is 29.6 Å². The fourth-order valence-corrected chi connectivity index (χ4v) is 4.25. The van der Waals surface area contributed by atoms with E-state index in [0.29, 0.717) is 30.9 Å². The highest BCUT2D eigenvalue weighted by molar-refractivity contribution is 6.07. The van der Waals surface area contributed by atoms with Crippen molar-refractivity contribution < 1.29 is 28.7 Å². The van der Waals surface area contributed by atoms with Crippen LogP contribution in [0.5, 0.6) is 11.5 Å². The molecule has 1 aliphatic heterocycles. The van der Waals surface area contributed by atoms with Crippen LogP contribution in [-0.2, 0) is 19.2 Å². The van der Waals surface area contributed by atoms with Crippen molar-refractivity contribution in [2.75, 3.05) is 20.3 Å². The van der Waals surface area contributed by atoms with E-state index in [-0.39, 0.29) is 24.3 Å². The molecular weight excluding hydrogens is 390 g/mol. The molecule has 1 saturated carbocycles. The number of amides is 4. The Morgan fingerprint density at radius 1 is 1.07 bits per heavy atom. The number of fused-ring (bicyclic) bond motifs is 1. The number of nitrogens with one attached hydrogen (secondary N) is 2. The summed E-state index contributed by atoms with van der Waals surface area (Å²) in [5.41, 5.74) is 4.71. The van der Waals surface area contributed by atoms with E-state index in [1.165, 1.54) is 7.05 Å². The number of imide groups is 1. The molecule has 2 aliphatic rings. The Morgan fingerprint density at radius 2 is 1.73 bits per heavy atom. The molecule has 1 saturated heterocycles. The van der Waals surface area contributed by atoms with Crippen molar-refractivity contribution >= 4 is 23.6 Å². The van der Waals surface area contributed by atoms with Crippen molar-refractivity contribution in [3.63, 3.8) is 0 Å². The SMILES string of the molecule is CCOc1ccccc1OCC(=O)NNC(=O)[C@H]1[C@H]2C(=O)N(C)C(=O)[C@H]2CC[C@H]1C. The highest BCUT2D eigenvalue weighted by Crippen LogP contribution is 2.44. The average molecular weight is 417 g/mol. The number of ether oxygens (including phenoxy) is 2. The zero-order valence-electron chi connectivity index (χ0n) is 17.3. The van der Waals surface area contributed by atoms with Crippen LogP contribution in [0.1, 0.15) is 26.7 Å². The molecule has 0 bridgehead atoms. The van der Waals surface area contributed by atoms with Crippen LogP contribution in [0.3, 0.4) is 0 Å². The van der Waals surface area contributed by atoms with E-state index in [9.17, 15) is 19.2 Å². The molecular formula is C21H27N3O6. The van der Waals surface area contributed by atoms with Gasteiger partial charge in [0.15, 0.2) is 18.1 Å². The van der Waals surface area contributed by atoms with E-state index >= 15 is 0 Å². The van der Waals surface area contributed by atoms with Crippen molar-refractivity contribution in [1.29, 1.82) is 0 Å². The summed E-state index contributed by atoms with van der Waals surface area (Å²) >= 11 is 0. The predicted octanol–water partition coefficient (Wildman–Crippen LogP) is 0.889. The lowest BCUT2D eigenvalue weighted by molar-refractivity contribution is -0.142. The van der Waals surface area contributed by atoms with Gasteiger partial charge in [0.2, 0.25) is 17.7 Å². The Kier molecular flexibility index (Phi) is 6.59. The molecule has 2 fully saturated rings. The van der Waals surface area contributed by atoms with E-state index in [1.54, 1.807) is 24.3 Å². The van der Waals surface area contributed by atoms with Crippen molar-refractivity contribution in [2.45, 2.75) is 26.7 Å². The van der Waals surface area contributed by atoms with Gasteiger partial charge in [-0.05, 0) is 37.8 Å². The maximum Gasteiger partial charge on any atom is 0.276 e. The molecule has 0 spiro atoms. The molecule has 1 heterocycles. The molecule has 4 amide bonds. The third kappa shape index (κ3) is 4.24. The number of likely N-dealkylation sites (tertiary alicyclic amines) is 1. The van der Waals surface area contributed by atoms with Gasteiger partial charge in [0.05, 0.1) is 24.4 Å². The Hall–Kier alpha value is -3.10. The first-order valence-corrected chi connectivity index (χ1v) is 10.1. The first-order valence-electron chi connectivity index (χ1n) is 10.1. The Labute approximate surface area is 175 Å². The molecule has 0 unspecified atom stereocenters. The third-order valence-electron chi connectivity index (χ3n) is 5.77. The molecule has 1 aromatic carbocycles. The lowest BCUT2D eigenvalue weighted by Gasteiger charge is -2.34. The van der Waals surface area contributed by atoms with Crippen LogP contribution in [0.4, 0.5) is 0 Å². The van der Waals surface area contributed by atoms with Gasteiger partial charge in [0.1, 0.15) is 0 Å². The zero-order valence-corrected chi connectivity index (χ0v) is 17.3. The maximum absolute atomic E-state index is 12.8. The molecule has 3 rings (SSSR count). The Morgan fingerprint density at radius 3 is 2.40 bits per heavy atom. The fraction of sp³-hybridized carbons (Fsp3) is 0.524. The highest BCUT2D eigenvalue weighted by atomic mass is 16.5. The molecule has 9 nitrogen and oxygen atoms in total. The van der Waals surface area contributed by atoms with Gasteiger partial charge in [-0.1, -0.05) is 19.1 Å². The Bertz CT molecular complexity index is 842. The summed E-state index contributed by atoms with van der Waals surface area (Å²) < 4.78 is 10.9. The second-order valence-electron chi connectivity index (χ2n) is 7.65. The second kappa shape index (κ2) is 9.15. The van der Waals surface area contributed by atoms with E-state index in [2.05, 4.69) is 10.9 Å². The van der Waals surface area contributed by atoms with Crippen LogP contribution in [-0.4, -0.2) is 48.8 Å². The number of nitrogens with zero attached hydrogens (tertiary/aromatic N) is 1. The van der Waals surface area contributed by atoms with Crippen LogP contribution in [0, 0.1) is 23.7 Å². The lowest BCUT2D eigenvalue weighted by atomic mass is 9.68. The number of benzene rings is 1. The maximum atomic E-state index is 12.8. The second-order valence-corrected chi connectivity index (χ2v) is 7.65. The van der Waals surface area contributed by atoms with Crippen molar-refractivity contribution in [2.24, 2.45) is 23.7 Å². The summed E-state index contributed by atoms with van der Waals surface area (Å²) in [6.07, 6.45) is 1.25. The van der Waals surface area contributed by atoms with Gasteiger partial charge in [-0.15, -0.1) is 0 Å². The van der Waals surface area contributed by atoms with Gasteiger partial charge in [-0.3, -0.25) is 34.9 Å². The average Bonchev–Trinajstić information content (AvgIpc) is 2.95. The lowest BCUT2D eigenvalue weighted by Crippen LogP contribution is -2.51. The van der Waals surface area contributed by atoms with Gasteiger partial charge < -0.3 is 9.47 Å². The number of hydrazine groups is 1. The van der Waals surface area contributed by atoms with E-state index in [4.69, 9.17) is 9.47 Å². The van der Waals surface area contributed by atoms with Crippen LogP contribution in [0.15, 0.2) is 24.3 Å². The monoisotopic (exact) mass is 417 g/mol. The molecule has 30 heavy (non-hydrogen) atoms. The molecule has 1 aromatic rings. The first kappa shape index (κ1) is 21.6. The summed E-state index contributed by atoms with van der Waals surface area (Å²) in [7, 11) is 1.45. The molecule has 0 aromatic heterocycles. The first-order chi connectivity index (χ1) is 14.3. The summed E-state index contributed by atoms with van der Waals surface area (Å²) in [6, 6.07) is 6.97. The quantitative estimate of drug-likeness (QED) is 0.525. The van der Waals surface area contributed by atoms with Crippen molar-refractivity contribution in [3.05, 3.63) is 24.3 Å². The third-order valence-corrected chi connectivity index (χ3v) is 5.77. The van der Waals surface area contributed by atoms with E-state index in [0.717, 1.165) is 4.90 Å². The molecule has 0 radical (unpaired) electrons. The van der Waals surface area contributed by atoms with Crippen molar-refractivity contribution in [1.82, 2.24) is 15.8 Å². The number of rotatable bonds is 6. The number of carbonyl (C=O) groups excluding carboxylic acids is 4. The van der Waals surface area contributed by atoms with Crippen LogP contribution in [0.25, 0.3) is 0 Å². The summed E-state index contributed by atoms with van der Waals surface area (Å²) in [5, 5.41) is 0. The number of hydrogen-bond donors (Lipinski definition) is 2. The van der Waals surface area contributed by atoms with Crippen LogP contribution in [0.2, 0.25) is 0 Å². The highest BCUT2D eigenvalue weighted by Gasteiger charge is 2.55. The summed E-state index contributed by atoms with van der Waals surface area (Å²) in [5.74, 6) is -2.57. The summed E-state index contributed by atoms with van der Waals surface area (Å²) in [4.78, 5) is 50.8.